The van der Waals surface area contributed by atoms with Crippen LogP contribution < -0.4 is 5.32 Å². The Labute approximate surface area is 116 Å². The van der Waals surface area contributed by atoms with Crippen molar-refractivity contribution in [2.24, 2.45) is 5.92 Å². The van der Waals surface area contributed by atoms with E-state index in [0.717, 1.165) is 18.8 Å². The van der Waals surface area contributed by atoms with Crippen LogP contribution in [0.5, 0.6) is 0 Å². The summed E-state index contributed by atoms with van der Waals surface area (Å²) < 4.78 is 0. The number of carboxylic acid groups (broad SMARTS) is 1. The summed E-state index contributed by atoms with van der Waals surface area (Å²) in [6.07, 6.45) is 9.18. The average Bonchev–Trinajstić information content (AvgIpc) is 2.27. The molecule has 0 heterocycles. The summed E-state index contributed by atoms with van der Waals surface area (Å²) in [4.78, 5) is 22.4. The smallest absolute Gasteiger partial charge is 0.305 e. The number of hydrogen-bond donors (Lipinski definition) is 2. The Bertz CT molecular complexity index is 307. The van der Waals surface area contributed by atoms with Gasteiger partial charge >= 0.3 is 5.97 Å². The molecule has 110 valence electrons. The Morgan fingerprint density at radius 2 is 1.84 bits per heavy atom. The van der Waals surface area contributed by atoms with Crippen LogP contribution >= 0.6 is 0 Å². The lowest BCUT2D eigenvalue weighted by Crippen LogP contribution is -2.44. The second-order valence-corrected chi connectivity index (χ2v) is 6.40. The molecular formula is C15H27NO3. The predicted molar refractivity (Wildman–Crippen MR) is 74.9 cm³/mol. The molecule has 1 rings (SSSR count). The summed E-state index contributed by atoms with van der Waals surface area (Å²) in [5.74, 6) is -0.108. The first-order chi connectivity index (χ1) is 8.89. The maximum absolute atomic E-state index is 11.8. The SMILES string of the molecule is CC(C)(CC(=O)O)NC(=O)CCCC1CCCCC1. The molecule has 2 N–H and O–H groups in total. The number of carbonyl (C=O) groups excluding carboxylic acids is 1. The van der Waals surface area contributed by atoms with E-state index in [2.05, 4.69) is 5.32 Å². The number of rotatable bonds is 7. The van der Waals surface area contributed by atoms with E-state index in [-0.39, 0.29) is 12.3 Å². The van der Waals surface area contributed by atoms with Gasteiger partial charge in [-0.15, -0.1) is 0 Å². The summed E-state index contributed by atoms with van der Waals surface area (Å²) in [5, 5.41) is 11.6. The molecule has 1 fully saturated rings. The van der Waals surface area contributed by atoms with Gasteiger partial charge in [0.15, 0.2) is 0 Å². The minimum Gasteiger partial charge on any atom is -0.481 e. The molecule has 0 spiro atoms. The van der Waals surface area contributed by atoms with Crippen LogP contribution in [0, 0.1) is 5.92 Å². The van der Waals surface area contributed by atoms with Crippen molar-refractivity contribution in [3.63, 3.8) is 0 Å². The maximum atomic E-state index is 11.8. The van der Waals surface area contributed by atoms with Crippen molar-refractivity contribution in [2.45, 2.75) is 77.2 Å². The van der Waals surface area contributed by atoms with Crippen molar-refractivity contribution in [1.29, 1.82) is 0 Å². The molecule has 0 atom stereocenters. The molecule has 4 nitrogen and oxygen atoms in total. The van der Waals surface area contributed by atoms with Gasteiger partial charge in [-0.2, -0.15) is 0 Å². The molecule has 1 aliphatic rings. The first-order valence-corrected chi connectivity index (χ1v) is 7.42. The zero-order valence-corrected chi connectivity index (χ0v) is 12.2. The Morgan fingerprint density at radius 3 is 2.42 bits per heavy atom. The van der Waals surface area contributed by atoms with Gasteiger partial charge in [-0.1, -0.05) is 32.1 Å². The topological polar surface area (TPSA) is 66.4 Å². The van der Waals surface area contributed by atoms with Crippen molar-refractivity contribution in [2.75, 3.05) is 0 Å². The summed E-state index contributed by atoms with van der Waals surface area (Å²) >= 11 is 0. The summed E-state index contributed by atoms with van der Waals surface area (Å²) in [5.41, 5.74) is -0.659. The highest BCUT2D eigenvalue weighted by molar-refractivity contribution is 5.78. The minimum absolute atomic E-state index is 0.0259. The van der Waals surface area contributed by atoms with E-state index in [9.17, 15) is 9.59 Å². The fourth-order valence-corrected chi connectivity index (χ4v) is 2.89. The van der Waals surface area contributed by atoms with Gasteiger partial charge < -0.3 is 10.4 Å². The highest BCUT2D eigenvalue weighted by atomic mass is 16.4. The Morgan fingerprint density at radius 1 is 1.21 bits per heavy atom. The maximum Gasteiger partial charge on any atom is 0.305 e. The van der Waals surface area contributed by atoms with Crippen LogP contribution in [0.4, 0.5) is 0 Å². The van der Waals surface area contributed by atoms with E-state index in [4.69, 9.17) is 5.11 Å². The Kier molecular flexibility index (Phi) is 6.32. The van der Waals surface area contributed by atoms with E-state index in [1.54, 1.807) is 13.8 Å². The van der Waals surface area contributed by atoms with E-state index in [1.165, 1.54) is 32.1 Å². The van der Waals surface area contributed by atoms with E-state index >= 15 is 0 Å². The normalized spacial score (nSPS) is 17.2. The first kappa shape index (κ1) is 16.0. The van der Waals surface area contributed by atoms with E-state index in [1.807, 2.05) is 0 Å². The molecule has 0 aromatic carbocycles. The van der Waals surface area contributed by atoms with Crippen molar-refractivity contribution >= 4 is 11.9 Å². The molecule has 0 radical (unpaired) electrons. The molecule has 0 aliphatic heterocycles. The molecule has 4 heteroatoms. The van der Waals surface area contributed by atoms with Gasteiger partial charge in [0.2, 0.25) is 5.91 Å². The van der Waals surface area contributed by atoms with E-state index < -0.39 is 11.5 Å². The van der Waals surface area contributed by atoms with Crippen molar-refractivity contribution in [1.82, 2.24) is 5.32 Å². The summed E-state index contributed by atoms with van der Waals surface area (Å²) in [6.45, 7) is 3.50. The number of carboxylic acids is 1. The van der Waals surface area contributed by atoms with Crippen molar-refractivity contribution in [3.8, 4) is 0 Å². The number of nitrogens with one attached hydrogen (secondary N) is 1. The Balaban J connectivity index is 2.18. The molecule has 0 aromatic rings. The van der Waals surface area contributed by atoms with Crippen LogP contribution in [-0.4, -0.2) is 22.5 Å². The van der Waals surface area contributed by atoms with Gasteiger partial charge in [0, 0.05) is 12.0 Å². The number of aliphatic carboxylic acids is 1. The first-order valence-electron chi connectivity index (χ1n) is 7.42. The Hall–Kier alpha value is -1.06. The summed E-state index contributed by atoms with van der Waals surface area (Å²) in [7, 11) is 0. The van der Waals surface area contributed by atoms with Gasteiger partial charge in [0.1, 0.15) is 0 Å². The number of amides is 1. The fraction of sp³-hybridized carbons (Fsp3) is 0.867. The van der Waals surface area contributed by atoms with Crippen LogP contribution in [0.15, 0.2) is 0 Å². The molecule has 1 saturated carbocycles. The van der Waals surface area contributed by atoms with Crippen LogP contribution in [0.25, 0.3) is 0 Å². The largest absolute Gasteiger partial charge is 0.481 e. The molecule has 0 aromatic heterocycles. The lowest BCUT2D eigenvalue weighted by Gasteiger charge is -2.25. The minimum atomic E-state index is -0.882. The third-order valence-electron chi connectivity index (χ3n) is 3.81. The highest BCUT2D eigenvalue weighted by Gasteiger charge is 2.23. The van der Waals surface area contributed by atoms with Crippen molar-refractivity contribution < 1.29 is 14.7 Å². The molecular weight excluding hydrogens is 242 g/mol. The van der Waals surface area contributed by atoms with Crippen LogP contribution in [-0.2, 0) is 9.59 Å². The third kappa shape index (κ3) is 7.19. The molecule has 19 heavy (non-hydrogen) atoms. The lowest BCUT2D eigenvalue weighted by molar-refractivity contribution is -0.138. The zero-order chi connectivity index (χ0) is 14.3. The third-order valence-corrected chi connectivity index (χ3v) is 3.81. The summed E-state index contributed by atoms with van der Waals surface area (Å²) in [6, 6.07) is 0. The number of carbonyl (C=O) groups is 2. The monoisotopic (exact) mass is 269 g/mol. The van der Waals surface area contributed by atoms with Gasteiger partial charge in [-0.25, -0.2) is 0 Å². The van der Waals surface area contributed by atoms with Crippen LogP contribution in [0.2, 0.25) is 0 Å². The van der Waals surface area contributed by atoms with Crippen LogP contribution in [0.3, 0.4) is 0 Å². The second kappa shape index (κ2) is 7.51. The standard InChI is InChI=1S/C15H27NO3/c1-15(2,11-14(18)19)16-13(17)10-6-9-12-7-4-3-5-8-12/h12H,3-11H2,1-2H3,(H,16,17)(H,18,19). The lowest BCUT2D eigenvalue weighted by atomic mass is 9.86. The quantitative estimate of drug-likeness (QED) is 0.746. The number of hydrogen-bond acceptors (Lipinski definition) is 2. The fourth-order valence-electron chi connectivity index (χ4n) is 2.89. The molecule has 0 bridgehead atoms. The molecule has 1 amide bonds. The second-order valence-electron chi connectivity index (χ2n) is 6.40. The van der Waals surface area contributed by atoms with E-state index in [0.29, 0.717) is 6.42 Å². The highest BCUT2D eigenvalue weighted by Crippen LogP contribution is 2.27. The molecule has 1 aliphatic carbocycles. The average molecular weight is 269 g/mol. The predicted octanol–water partition coefficient (Wildman–Crippen LogP) is 3.11. The van der Waals surface area contributed by atoms with Crippen LogP contribution in [0.1, 0.15) is 71.6 Å². The van der Waals surface area contributed by atoms with Gasteiger partial charge in [0.05, 0.1) is 6.42 Å². The van der Waals surface area contributed by atoms with Gasteiger partial charge in [-0.05, 0) is 32.6 Å². The zero-order valence-electron chi connectivity index (χ0n) is 12.2. The van der Waals surface area contributed by atoms with Gasteiger partial charge in [0.25, 0.3) is 0 Å². The molecule has 0 unspecified atom stereocenters. The molecule has 0 saturated heterocycles. The van der Waals surface area contributed by atoms with Crippen molar-refractivity contribution in [3.05, 3.63) is 0 Å². The van der Waals surface area contributed by atoms with Gasteiger partial charge in [-0.3, -0.25) is 9.59 Å².